The van der Waals surface area contributed by atoms with Crippen LogP contribution in [0, 0.1) is 0 Å². The third kappa shape index (κ3) is 1.23. The van der Waals surface area contributed by atoms with Crippen molar-refractivity contribution < 1.29 is 4.79 Å². The average molecular weight is 235 g/mol. The molecule has 86 valence electrons. The van der Waals surface area contributed by atoms with E-state index in [0.29, 0.717) is 11.8 Å². The predicted octanol–water partition coefficient (Wildman–Crippen LogP) is 0.645. The second-order valence-corrected chi connectivity index (χ2v) is 4.38. The molecule has 1 aliphatic carbocycles. The minimum atomic E-state index is 0.0762. The van der Waals surface area contributed by atoms with Crippen LogP contribution in [-0.4, -0.2) is 20.7 Å². The fourth-order valence-electron chi connectivity index (χ4n) is 2.33. The van der Waals surface area contributed by atoms with E-state index in [1.807, 2.05) is 30.3 Å². The van der Waals surface area contributed by atoms with Crippen LogP contribution in [0.25, 0.3) is 34.2 Å². The highest BCUT2D eigenvalue weighted by atomic mass is 16.1. The fourth-order valence-corrected chi connectivity index (χ4v) is 2.33. The van der Waals surface area contributed by atoms with Crippen molar-refractivity contribution >= 4 is 40.0 Å². The number of hydrogen-bond acceptors (Lipinski definition) is 3. The third-order valence-electron chi connectivity index (χ3n) is 3.18. The van der Waals surface area contributed by atoms with Crippen LogP contribution in [0.5, 0.6) is 0 Å². The Morgan fingerprint density at radius 1 is 1.11 bits per heavy atom. The van der Waals surface area contributed by atoms with Gasteiger partial charge in [-0.25, -0.2) is 9.97 Å². The van der Waals surface area contributed by atoms with Crippen molar-refractivity contribution in [2.24, 2.45) is 0 Å². The van der Waals surface area contributed by atoms with Gasteiger partial charge in [0.1, 0.15) is 5.52 Å². The maximum absolute atomic E-state index is 11.4. The first-order valence-corrected chi connectivity index (χ1v) is 5.80. The van der Waals surface area contributed by atoms with Gasteiger partial charge in [0, 0.05) is 23.4 Å². The first-order chi connectivity index (χ1) is 8.81. The van der Waals surface area contributed by atoms with Gasteiger partial charge in [-0.05, 0) is 12.1 Å². The molecule has 0 saturated carbocycles. The van der Waals surface area contributed by atoms with E-state index in [1.165, 1.54) is 0 Å². The minimum Gasteiger partial charge on any atom is -0.338 e. The summed E-state index contributed by atoms with van der Waals surface area (Å²) in [5.74, 6) is 0.0762. The molecule has 0 amide bonds. The molecule has 4 nitrogen and oxygen atoms in total. The predicted molar refractivity (Wildman–Crippen MR) is 69.2 cm³/mol. The molecule has 1 aliphatic rings. The van der Waals surface area contributed by atoms with Gasteiger partial charge in [-0.2, -0.15) is 0 Å². The van der Waals surface area contributed by atoms with E-state index in [-0.39, 0.29) is 5.78 Å². The van der Waals surface area contributed by atoms with Gasteiger partial charge in [0.2, 0.25) is 0 Å². The summed E-state index contributed by atoms with van der Waals surface area (Å²) in [5.41, 5.74) is 2.61. The lowest BCUT2D eigenvalue weighted by Crippen LogP contribution is -2.35. The quantitative estimate of drug-likeness (QED) is 0.622. The first kappa shape index (κ1) is 9.53. The molecule has 0 radical (unpaired) electrons. The van der Waals surface area contributed by atoms with E-state index in [0.717, 1.165) is 27.4 Å². The zero-order chi connectivity index (χ0) is 12.1. The number of H-pyrrole nitrogens is 1. The summed E-state index contributed by atoms with van der Waals surface area (Å²) in [7, 11) is 0. The Labute approximate surface area is 102 Å². The highest BCUT2D eigenvalue weighted by molar-refractivity contribution is 6.09. The van der Waals surface area contributed by atoms with Crippen molar-refractivity contribution in [2.45, 2.75) is 6.42 Å². The summed E-state index contributed by atoms with van der Waals surface area (Å²) in [6, 6.07) is 7.97. The number of aromatic nitrogens is 3. The van der Waals surface area contributed by atoms with E-state index < -0.39 is 0 Å². The van der Waals surface area contributed by atoms with Gasteiger partial charge in [-0.3, -0.25) is 4.79 Å². The van der Waals surface area contributed by atoms with E-state index in [9.17, 15) is 4.79 Å². The molecule has 1 aromatic carbocycles. The lowest BCUT2D eigenvalue weighted by atomic mass is 10.2. The van der Waals surface area contributed by atoms with E-state index in [2.05, 4.69) is 15.0 Å². The number of benzene rings is 1. The molecule has 4 heteroatoms. The smallest absolute Gasteiger partial charge is 0.161 e. The Morgan fingerprint density at radius 2 is 2.00 bits per heavy atom. The summed E-state index contributed by atoms with van der Waals surface area (Å²) in [6.45, 7) is 0. The molecule has 0 aliphatic heterocycles. The molecule has 2 heterocycles. The van der Waals surface area contributed by atoms with Crippen molar-refractivity contribution in [3.8, 4) is 0 Å². The van der Waals surface area contributed by atoms with Gasteiger partial charge < -0.3 is 4.98 Å². The number of nitrogens with zero attached hydrogens (tertiary/aromatic N) is 2. The Hall–Kier alpha value is -2.49. The number of nitrogens with one attached hydrogen (secondary N) is 1. The van der Waals surface area contributed by atoms with Crippen LogP contribution in [0.2, 0.25) is 0 Å². The number of carbonyl (C=O) groups is 1. The van der Waals surface area contributed by atoms with E-state index >= 15 is 0 Å². The van der Waals surface area contributed by atoms with Crippen LogP contribution in [-0.2, 0) is 4.79 Å². The SMILES string of the molecule is O=C1C=c2nc3[nH]c4ccccc4c3nc2=CC1. The largest absolute Gasteiger partial charge is 0.338 e. The third-order valence-corrected chi connectivity index (χ3v) is 3.18. The van der Waals surface area contributed by atoms with E-state index in [1.54, 1.807) is 6.08 Å². The number of rotatable bonds is 0. The summed E-state index contributed by atoms with van der Waals surface area (Å²) in [5, 5.41) is 2.52. The van der Waals surface area contributed by atoms with Crippen LogP contribution in [0.3, 0.4) is 0 Å². The zero-order valence-electron chi connectivity index (χ0n) is 9.47. The molecular formula is C14H9N3O. The van der Waals surface area contributed by atoms with Crippen molar-refractivity contribution in [1.29, 1.82) is 0 Å². The molecule has 0 unspecified atom stereocenters. The molecule has 2 aromatic heterocycles. The molecule has 0 spiro atoms. The summed E-state index contributed by atoms with van der Waals surface area (Å²) in [4.78, 5) is 23.7. The molecule has 3 aromatic rings. The maximum atomic E-state index is 11.4. The second kappa shape index (κ2) is 3.26. The summed E-state index contributed by atoms with van der Waals surface area (Å²) < 4.78 is 0. The topological polar surface area (TPSA) is 58.6 Å². The van der Waals surface area contributed by atoms with Crippen molar-refractivity contribution in [1.82, 2.24) is 15.0 Å². The Morgan fingerprint density at radius 3 is 2.94 bits per heavy atom. The first-order valence-electron chi connectivity index (χ1n) is 5.80. The normalized spacial score (nSPS) is 14.3. The number of carbonyl (C=O) groups excluding carboxylic acids is 1. The van der Waals surface area contributed by atoms with Crippen LogP contribution in [0.15, 0.2) is 24.3 Å². The molecule has 18 heavy (non-hydrogen) atoms. The number of aromatic amines is 1. The fraction of sp³-hybridized carbons (Fsp3) is 0.0714. The number of Topliss-reactive ketones (excluding diaryl/α,β-unsaturated/α-hetero) is 1. The maximum Gasteiger partial charge on any atom is 0.161 e. The molecule has 0 fully saturated rings. The van der Waals surface area contributed by atoms with E-state index in [4.69, 9.17) is 0 Å². The molecule has 0 bridgehead atoms. The number of fused-ring (bicyclic) bond motifs is 4. The second-order valence-electron chi connectivity index (χ2n) is 4.38. The number of para-hydroxylation sites is 1. The van der Waals surface area contributed by atoms with Crippen LogP contribution in [0.1, 0.15) is 6.42 Å². The highest BCUT2D eigenvalue weighted by Crippen LogP contribution is 2.19. The average Bonchev–Trinajstić information content (AvgIpc) is 2.73. The Kier molecular flexibility index (Phi) is 1.73. The van der Waals surface area contributed by atoms with Gasteiger partial charge >= 0.3 is 0 Å². The molecule has 1 N–H and O–H groups in total. The van der Waals surface area contributed by atoms with Gasteiger partial charge in [0.15, 0.2) is 11.4 Å². The van der Waals surface area contributed by atoms with Crippen LogP contribution < -0.4 is 10.7 Å². The lowest BCUT2D eigenvalue weighted by molar-refractivity contribution is -0.112. The standard InChI is InChI=1S/C14H9N3O/c18-8-5-6-11-12(7-8)17-14-13(15-11)9-3-1-2-4-10(9)16-14/h1-4,6-7H,5H2,(H,16,17). The number of hydrogen-bond donors (Lipinski definition) is 1. The highest BCUT2D eigenvalue weighted by Gasteiger charge is 2.09. The van der Waals surface area contributed by atoms with Crippen LogP contribution in [0.4, 0.5) is 0 Å². The Bertz CT molecular complexity index is 921. The lowest BCUT2D eigenvalue weighted by Gasteiger charge is -1.98. The van der Waals surface area contributed by atoms with Crippen molar-refractivity contribution in [2.75, 3.05) is 0 Å². The van der Waals surface area contributed by atoms with Crippen molar-refractivity contribution in [3.63, 3.8) is 0 Å². The molecular weight excluding hydrogens is 226 g/mol. The monoisotopic (exact) mass is 235 g/mol. The molecule has 4 rings (SSSR count). The Balaban J connectivity index is 2.24. The minimum absolute atomic E-state index is 0.0762. The van der Waals surface area contributed by atoms with Gasteiger partial charge in [0.05, 0.1) is 10.7 Å². The van der Waals surface area contributed by atoms with Gasteiger partial charge in [-0.15, -0.1) is 0 Å². The number of ketones is 1. The molecule has 0 atom stereocenters. The molecule has 0 saturated heterocycles. The van der Waals surface area contributed by atoms with Gasteiger partial charge in [0.25, 0.3) is 0 Å². The van der Waals surface area contributed by atoms with Crippen molar-refractivity contribution in [3.05, 3.63) is 35.0 Å². The van der Waals surface area contributed by atoms with Gasteiger partial charge in [-0.1, -0.05) is 18.2 Å². The van der Waals surface area contributed by atoms with Crippen LogP contribution >= 0.6 is 0 Å². The summed E-state index contributed by atoms with van der Waals surface area (Å²) in [6.07, 6.45) is 3.81. The zero-order valence-corrected chi connectivity index (χ0v) is 9.47. The summed E-state index contributed by atoms with van der Waals surface area (Å²) >= 11 is 0.